The first kappa shape index (κ1) is 14.9. The van der Waals surface area contributed by atoms with E-state index in [4.69, 9.17) is 5.11 Å². The van der Waals surface area contributed by atoms with Gasteiger partial charge in [0, 0.05) is 13.1 Å². The Labute approximate surface area is 117 Å². The molecule has 0 spiro atoms. The minimum absolute atomic E-state index is 0.182. The molecule has 0 saturated heterocycles. The number of carbonyl (C=O) groups is 1. The highest BCUT2D eigenvalue weighted by molar-refractivity contribution is 7.89. The molecule has 1 aliphatic rings. The Morgan fingerprint density at radius 2 is 2.10 bits per heavy atom. The number of rotatable bonds is 6. The molecule has 1 aromatic carbocycles. The Bertz CT molecular complexity index is 625. The number of hydrogen-bond donors (Lipinski definition) is 1. The summed E-state index contributed by atoms with van der Waals surface area (Å²) in [5.41, 5.74) is -0.631. The van der Waals surface area contributed by atoms with Gasteiger partial charge in [-0.1, -0.05) is 6.92 Å². The molecule has 2 rings (SSSR count). The van der Waals surface area contributed by atoms with Gasteiger partial charge in [-0.05, 0) is 37.0 Å². The fraction of sp³-hybridized carbons (Fsp3) is 0.462. The summed E-state index contributed by atoms with van der Waals surface area (Å²) < 4.78 is 39.5. The van der Waals surface area contributed by atoms with Crippen molar-refractivity contribution in [3.05, 3.63) is 29.6 Å². The lowest BCUT2D eigenvalue weighted by Gasteiger charge is -2.20. The Balaban J connectivity index is 2.37. The summed E-state index contributed by atoms with van der Waals surface area (Å²) in [7, 11) is -3.78. The van der Waals surface area contributed by atoms with Crippen molar-refractivity contribution in [2.24, 2.45) is 5.92 Å². The monoisotopic (exact) mass is 301 g/mol. The van der Waals surface area contributed by atoms with Crippen LogP contribution in [0, 0.1) is 11.7 Å². The molecule has 5 nitrogen and oxygen atoms in total. The Morgan fingerprint density at radius 1 is 1.45 bits per heavy atom. The summed E-state index contributed by atoms with van der Waals surface area (Å²) in [6.45, 7) is 2.46. The normalized spacial score (nSPS) is 15.6. The zero-order valence-electron chi connectivity index (χ0n) is 11.0. The predicted molar refractivity (Wildman–Crippen MR) is 70.5 cm³/mol. The molecular formula is C13H16FNO4S. The number of sulfonamides is 1. The minimum atomic E-state index is -3.78. The van der Waals surface area contributed by atoms with E-state index in [2.05, 4.69) is 0 Å². The van der Waals surface area contributed by atoms with Crippen LogP contribution in [0.1, 0.15) is 30.1 Å². The first-order chi connectivity index (χ1) is 9.36. The standard InChI is InChI=1S/C13H16FNO4S/c1-2-15(8-9-3-4-9)20(18,19)10-5-6-12(14)11(7-10)13(16)17/h5-7,9H,2-4,8H2,1H3,(H,16,17). The zero-order valence-corrected chi connectivity index (χ0v) is 11.9. The third-order valence-electron chi connectivity index (χ3n) is 3.32. The summed E-state index contributed by atoms with van der Waals surface area (Å²) in [4.78, 5) is 10.7. The van der Waals surface area contributed by atoms with Crippen LogP contribution in [0.3, 0.4) is 0 Å². The minimum Gasteiger partial charge on any atom is -0.478 e. The molecule has 1 aliphatic carbocycles. The first-order valence-corrected chi connectivity index (χ1v) is 7.83. The van der Waals surface area contributed by atoms with E-state index in [9.17, 15) is 17.6 Å². The summed E-state index contributed by atoms with van der Waals surface area (Å²) in [6, 6.07) is 2.86. The van der Waals surface area contributed by atoms with Crippen molar-refractivity contribution in [3.63, 3.8) is 0 Å². The van der Waals surface area contributed by atoms with Gasteiger partial charge in [-0.3, -0.25) is 0 Å². The molecule has 0 radical (unpaired) electrons. The van der Waals surface area contributed by atoms with Gasteiger partial charge >= 0.3 is 5.97 Å². The van der Waals surface area contributed by atoms with Crippen molar-refractivity contribution < 1.29 is 22.7 Å². The molecule has 1 saturated carbocycles. The third-order valence-corrected chi connectivity index (χ3v) is 5.25. The van der Waals surface area contributed by atoms with E-state index in [-0.39, 0.29) is 4.90 Å². The highest BCUT2D eigenvalue weighted by atomic mass is 32.2. The number of aromatic carboxylic acids is 1. The quantitative estimate of drug-likeness (QED) is 0.871. The summed E-state index contributed by atoms with van der Waals surface area (Å²) in [5.74, 6) is -2.05. The fourth-order valence-corrected chi connectivity index (χ4v) is 3.52. The highest BCUT2D eigenvalue weighted by Gasteiger charge is 2.31. The van der Waals surface area contributed by atoms with Crippen LogP contribution in [0.15, 0.2) is 23.1 Å². The van der Waals surface area contributed by atoms with Gasteiger partial charge in [0.2, 0.25) is 10.0 Å². The Hall–Kier alpha value is -1.47. The number of carboxylic acids is 1. The van der Waals surface area contributed by atoms with Gasteiger partial charge in [0.05, 0.1) is 10.5 Å². The van der Waals surface area contributed by atoms with Gasteiger partial charge in [0.25, 0.3) is 0 Å². The maximum atomic E-state index is 13.3. The summed E-state index contributed by atoms with van der Waals surface area (Å²) in [6.07, 6.45) is 2.02. The van der Waals surface area contributed by atoms with Crippen molar-refractivity contribution in [2.45, 2.75) is 24.7 Å². The molecule has 110 valence electrons. The van der Waals surface area contributed by atoms with E-state index in [1.54, 1.807) is 6.92 Å². The van der Waals surface area contributed by atoms with E-state index in [0.29, 0.717) is 19.0 Å². The van der Waals surface area contributed by atoms with Crippen molar-refractivity contribution in [1.29, 1.82) is 0 Å². The number of hydrogen-bond acceptors (Lipinski definition) is 3. The maximum Gasteiger partial charge on any atom is 0.338 e. The third kappa shape index (κ3) is 2.99. The van der Waals surface area contributed by atoms with E-state index in [0.717, 1.165) is 31.0 Å². The largest absolute Gasteiger partial charge is 0.478 e. The molecule has 0 aromatic heterocycles. The van der Waals surface area contributed by atoms with E-state index in [1.165, 1.54) is 4.31 Å². The highest BCUT2D eigenvalue weighted by Crippen LogP contribution is 2.31. The average molecular weight is 301 g/mol. The second-order valence-corrected chi connectivity index (χ2v) is 6.78. The molecule has 1 fully saturated rings. The molecule has 1 aromatic rings. The van der Waals surface area contributed by atoms with E-state index >= 15 is 0 Å². The Kier molecular flexibility index (Phi) is 4.10. The van der Waals surface area contributed by atoms with Crippen molar-refractivity contribution in [2.75, 3.05) is 13.1 Å². The first-order valence-electron chi connectivity index (χ1n) is 6.39. The molecule has 0 unspecified atom stereocenters. The van der Waals surface area contributed by atoms with Crippen molar-refractivity contribution in [1.82, 2.24) is 4.31 Å². The number of carboxylic acid groups (broad SMARTS) is 1. The molecule has 0 atom stereocenters. The molecule has 0 bridgehead atoms. The van der Waals surface area contributed by atoms with Crippen molar-refractivity contribution in [3.8, 4) is 0 Å². The number of halogens is 1. The van der Waals surface area contributed by atoms with Crippen LogP contribution in [0.2, 0.25) is 0 Å². The maximum absolute atomic E-state index is 13.3. The molecule has 1 N–H and O–H groups in total. The van der Waals surface area contributed by atoms with Crippen LogP contribution >= 0.6 is 0 Å². The molecule has 0 heterocycles. The van der Waals surface area contributed by atoms with Gasteiger partial charge in [-0.25, -0.2) is 17.6 Å². The Morgan fingerprint density at radius 3 is 2.60 bits per heavy atom. The van der Waals surface area contributed by atoms with Gasteiger partial charge < -0.3 is 5.11 Å². The zero-order chi connectivity index (χ0) is 14.9. The molecule has 7 heteroatoms. The number of benzene rings is 1. The second kappa shape index (κ2) is 5.49. The summed E-state index contributed by atoms with van der Waals surface area (Å²) >= 11 is 0. The lowest BCUT2D eigenvalue weighted by molar-refractivity contribution is 0.0691. The molecule has 0 aliphatic heterocycles. The van der Waals surface area contributed by atoms with Crippen LogP contribution in [0.25, 0.3) is 0 Å². The van der Waals surface area contributed by atoms with E-state index < -0.39 is 27.4 Å². The van der Waals surface area contributed by atoms with Crippen LogP contribution in [-0.4, -0.2) is 36.9 Å². The fourth-order valence-electron chi connectivity index (χ4n) is 1.96. The van der Waals surface area contributed by atoms with Crippen LogP contribution < -0.4 is 0 Å². The molecule has 0 amide bonds. The second-order valence-electron chi connectivity index (χ2n) is 4.85. The topological polar surface area (TPSA) is 74.7 Å². The lowest BCUT2D eigenvalue weighted by atomic mass is 10.2. The SMILES string of the molecule is CCN(CC1CC1)S(=O)(=O)c1ccc(F)c(C(=O)O)c1. The van der Waals surface area contributed by atoms with E-state index in [1.807, 2.05) is 0 Å². The van der Waals surface area contributed by atoms with Crippen LogP contribution in [-0.2, 0) is 10.0 Å². The molecule has 20 heavy (non-hydrogen) atoms. The summed E-state index contributed by atoms with van der Waals surface area (Å²) in [5, 5.41) is 8.86. The average Bonchev–Trinajstić information content (AvgIpc) is 3.19. The lowest BCUT2D eigenvalue weighted by Crippen LogP contribution is -2.33. The molecular weight excluding hydrogens is 285 g/mol. The van der Waals surface area contributed by atoms with Crippen LogP contribution in [0.4, 0.5) is 4.39 Å². The predicted octanol–water partition coefficient (Wildman–Crippen LogP) is 1.94. The number of nitrogens with zero attached hydrogens (tertiary/aromatic N) is 1. The van der Waals surface area contributed by atoms with Gasteiger partial charge in [-0.15, -0.1) is 0 Å². The van der Waals surface area contributed by atoms with Gasteiger partial charge in [-0.2, -0.15) is 4.31 Å². The van der Waals surface area contributed by atoms with Gasteiger partial charge in [0.15, 0.2) is 0 Å². The van der Waals surface area contributed by atoms with Crippen LogP contribution in [0.5, 0.6) is 0 Å². The van der Waals surface area contributed by atoms with Gasteiger partial charge in [0.1, 0.15) is 5.82 Å². The smallest absolute Gasteiger partial charge is 0.338 e. The van der Waals surface area contributed by atoms with Crippen molar-refractivity contribution >= 4 is 16.0 Å².